The number of fused-ring (bicyclic) bond motifs is 2. The number of hydrogen-bond acceptors (Lipinski definition) is 5. The summed E-state index contributed by atoms with van der Waals surface area (Å²) in [5.41, 5.74) is 0.618. The van der Waals surface area contributed by atoms with Crippen LogP contribution in [0.25, 0.3) is 21.7 Å². The maximum atomic E-state index is 13.5. The summed E-state index contributed by atoms with van der Waals surface area (Å²) < 4.78 is 6.49. The molecule has 0 fully saturated rings. The van der Waals surface area contributed by atoms with E-state index in [2.05, 4.69) is 10.1 Å². The first-order valence-electron chi connectivity index (χ1n) is 10.6. The molecule has 8 heteroatoms. The number of ketones is 1. The molecule has 0 bridgehead atoms. The van der Waals surface area contributed by atoms with Gasteiger partial charge in [0, 0.05) is 28.2 Å². The van der Waals surface area contributed by atoms with Crippen molar-refractivity contribution < 1.29 is 14.3 Å². The number of para-hydroxylation sites is 1. The standard InChI is InChI=1S/C26H19N3O5/c30-22(15-29-26(33)19-12-5-4-11-18(19)25(32)28-29)34-24(16-8-2-1-3-9-16)23(31)20-14-27-21-13-7-6-10-17(20)21/h1-14,24,27H,15H2,(H,28,32)/t24-/m1/s1. The normalized spacial score (nSPS) is 12.0. The molecule has 0 aliphatic heterocycles. The molecule has 34 heavy (non-hydrogen) atoms. The van der Waals surface area contributed by atoms with Crippen LogP contribution in [0.2, 0.25) is 0 Å². The van der Waals surface area contributed by atoms with Crippen LogP contribution >= 0.6 is 0 Å². The molecule has 168 valence electrons. The number of benzene rings is 3. The van der Waals surface area contributed by atoms with Crippen molar-refractivity contribution in [2.75, 3.05) is 0 Å². The number of esters is 1. The maximum Gasteiger partial charge on any atom is 0.328 e. The van der Waals surface area contributed by atoms with Crippen molar-refractivity contribution in [3.8, 4) is 0 Å². The molecule has 2 aromatic heterocycles. The molecule has 5 aromatic rings. The van der Waals surface area contributed by atoms with Crippen molar-refractivity contribution >= 4 is 33.4 Å². The van der Waals surface area contributed by atoms with Crippen LogP contribution in [0, 0.1) is 0 Å². The molecular weight excluding hydrogens is 434 g/mol. The molecule has 3 aromatic carbocycles. The average molecular weight is 453 g/mol. The van der Waals surface area contributed by atoms with Crippen LogP contribution in [0.4, 0.5) is 0 Å². The SMILES string of the molecule is O=C(Cn1[nH]c(=O)c2ccccc2c1=O)O[C@@H](C(=O)c1c[nH]c2ccccc12)c1ccccc1. The van der Waals surface area contributed by atoms with Gasteiger partial charge in [0.05, 0.1) is 10.8 Å². The third-order valence-electron chi connectivity index (χ3n) is 5.62. The number of Topliss-reactive ketones (excluding diaryl/α,β-unsaturated/α-hetero) is 1. The highest BCUT2D eigenvalue weighted by Crippen LogP contribution is 2.27. The fraction of sp³-hybridized carbons (Fsp3) is 0.0769. The van der Waals surface area contributed by atoms with Gasteiger partial charge in [0.1, 0.15) is 6.54 Å². The molecule has 1 atom stereocenters. The summed E-state index contributed by atoms with van der Waals surface area (Å²) in [6.45, 7) is -0.552. The number of carbonyl (C=O) groups excluding carboxylic acids is 2. The molecule has 0 amide bonds. The van der Waals surface area contributed by atoms with Crippen LogP contribution in [-0.4, -0.2) is 26.5 Å². The van der Waals surface area contributed by atoms with Crippen LogP contribution < -0.4 is 11.1 Å². The predicted molar refractivity (Wildman–Crippen MR) is 127 cm³/mol. The molecule has 0 saturated carbocycles. The van der Waals surface area contributed by atoms with Crippen molar-refractivity contribution in [1.29, 1.82) is 0 Å². The predicted octanol–water partition coefficient (Wildman–Crippen LogP) is 3.34. The van der Waals surface area contributed by atoms with E-state index in [9.17, 15) is 19.2 Å². The summed E-state index contributed by atoms with van der Waals surface area (Å²) >= 11 is 0. The van der Waals surface area contributed by atoms with Crippen LogP contribution in [-0.2, 0) is 16.1 Å². The van der Waals surface area contributed by atoms with E-state index in [0.717, 1.165) is 10.2 Å². The highest BCUT2D eigenvalue weighted by Gasteiger charge is 2.28. The first kappa shape index (κ1) is 21.1. The lowest BCUT2D eigenvalue weighted by molar-refractivity contribution is -0.148. The quantitative estimate of drug-likeness (QED) is 0.302. The van der Waals surface area contributed by atoms with Gasteiger partial charge >= 0.3 is 5.97 Å². The second-order valence-electron chi connectivity index (χ2n) is 7.77. The third kappa shape index (κ3) is 3.81. The van der Waals surface area contributed by atoms with Gasteiger partial charge in [0.25, 0.3) is 11.1 Å². The van der Waals surface area contributed by atoms with Gasteiger partial charge in [0.15, 0.2) is 6.10 Å². The van der Waals surface area contributed by atoms with Gasteiger partial charge < -0.3 is 9.72 Å². The first-order chi connectivity index (χ1) is 16.5. The number of rotatable bonds is 6. The monoisotopic (exact) mass is 453 g/mol. The van der Waals surface area contributed by atoms with Gasteiger partial charge in [-0.05, 0) is 18.2 Å². The Balaban J connectivity index is 1.48. The zero-order valence-electron chi connectivity index (χ0n) is 17.9. The van der Waals surface area contributed by atoms with Gasteiger partial charge in [-0.15, -0.1) is 0 Å². The first-order valence-corrected chi connectivity index (χ1v) is 10.6. The second-order valence-corrected chi connectivity index (χ2v) is 7.77. The van der Waals surface area contributed by atoms with E-state index >= 15 is 0 Å². The van der Waals surface area contributed by atoms with E-state index in [4.69, 9.17) is 4.74 Å². The largest absolute Gasteiger partial charge is 0.448 e. The summed E-state index contributed by atoms with van der Waals surface area (Å²) in [6.07, 6.45) is 0.359. The Morgan fingerprint density at radius 3 is 2.24 bits per heavy atom. The van der Waals surface area contributed by atoms with Gasteiger partial charge in [-0.25, -0.2) is 4.68 Å². The van der Waals surface area contributed by atoms with Crippen molar-refractivity contribution in [1.82, 2.24) is 14.8 Å². The Bertz CT molecular complexity index is 1650. The fourth-order valence-electron chi connectivity index (χ4n) is 3.97. The van der Waals surface area contributed by atoms with E-state index < -0.39 is 35.5 Å². The molecule has 0 aliphatic carbocycles. The van der Waals surface area contributed by atoms with Gasteiger partial charge in [0.2, 0.25) is 5.78 Å². The van der Waals surface area contributed by atoms with Crippen LogP contribution in [0.15, 0.2) is 94.6 Å². The van der Waals surface area contributed by atoms with E-state index in [0.29, 0.717) is 16.5 Å². The van der Waals surface area contributed by atoms with Gasteiger partial charge in [-0.1, -0.05) is 60.7 Å². The van der Waals surface area contributed by atoms with E-state index in [1.54, 1.807) is 48.7 Å². The maximum absolute atomic E-state index is 13.5. The zero-order chi connectivity index (χ0) is 23.7. The molecule has 0 saturated heterocycles. The minimum Gasteiger partial charge on any atom is -0.448 e. The van der Waals surface area contributed by atoms with Crippen molar-refractivity contribution in [3.63, 3.8) is 0 Å². The van der Waals surface area contributed by atoms with E-state index in [1.807, 2.05) is 24.3 Å². The third-order valence-corrected chi connectivity index (χ3v) is 5.62. The Morgan fingerprint density at radius 2 is 1.47 bits per heavy atom. The molecule has 8 nitrogen and oxygen atoms in total. The van der Waals surface area contributed by atoms with Crippen molar-refractivity contribution in [2.24, 2.45) is 0 Å². The molecule has 2 N–H and O–H groups in total. The average Bonchev–Trinajstić information content (AvgIpc) is 3.30. The Kier molecular flexibility index (Phi) is 5.39. The summed E-state index contributed by atoms with van der Waals surface area (Å²) in [7, 11) is 0. The van der Waals surface area contributed by atoms with E-state index in [1.165, 1.54) is 12.1 Å². The Hall–Kier alpha value is -4.72. The minimum atomic E-state index is -1.23. The number of nitrogens with one attached hydrogen (secondary N) is 2. The molecule has 2 heterocycles. The number of nitrogens with zero attached hydrogens (tertiary/aromatic N) is 1. The van der Waals surface area contributed by atoms with Gasteiger partial charge in [-0.3, -0.25) is 24.3 Å². The van der Waals surface area contributed by atoms with Crippen LogP contribution in [0.5, 0.6) is 0 Å². The summed E-state index contributed by atoms with van der Waals surface area (Å²) in [6, 6.07) is 22.3. The summed E-state index contributed by atoms with van der Waals surface area (Å²) in [4.78, 5) is 54.5. The highest BCUT2D eigenvalue weighted by molar-refractivity contribution is 6.10. The lowest BCUT2D eigenvalue weighted by atomic mass is 9.99. The fourth-order valence-corrected chi connectivity index (χ4v) is 3.97. The molecule has 0 spiro atoms. The lowest BCUT2D eigenvalue weighted by Crippen LogP contribution is -2.33. The Labute approximate surface area is 192 Å². The topological polar surface area (TPSA) is 114 Å². The minimum absolute atomic E-state index is 0.188. The molecule has 0 unspecified atom stereocenters. The number of aromatic amines is 2. The lowest BCUT2D eigenvalue weighted by Gasteiger charge is -2.17. The zero-order valence-corrected chi connectivity index (χ0v) is 17.9. The van der Waals surface area contributed by atoms with Crippen LogP contribution in [0.3, 0.4) is 0 Å². The molecular formula is C26H19N3O5. The van der Waals surface area contributed by atoms with Crippen molar-refractivity contribution in [3.05, 3.63) is 117 Å². The Morgan fingerprint density at radius 1 is 0.824 bits per heavy atom. The number of ether oxygens (including phenoxy) is 1. The summed E-state index contributed by atoms with van der Waals surface area (Å²) in [5.74, 6) is -1.24. The second kappa shape index (κ2) is 8.67. The number of hydrogen-bond donors (Lipinski definition) is 2. The van der Waals surface area contributed by atoms with E-state index in [-0.39, 0.29) is 10.8 Å². The molecule has 0 radical (unpaired) electrons. The van der Waals surface area contributed by atoms with Crippen LogP contribution in [0.1, 0.15) is 22.0 Å². The molecule has 5 rings (SSSR count). The number of H-pyrrole nitrogens is 2. The highest BCUT2D eigenvalue weighted by atomic mass is 16.5. The number of aromatic nitrogens is 3. The van der Waals surface area contributed by atoms with Gasteiger partial charge in [-0.2, -0.15) is 0 Å². The number of carbonyl (C=O) groups is 2. The smallest absolute Gasteiger partial charge is 0.328 e. The van der Waals surface area contributed by atoms with Crippen molar-refractivity contribution in [2.45, 2.75) is 12.6 Å². The summed E-state index contributed by atoms with van der Waals surface area (Å²) in [5, 5.41) is 3.53. The molecule has 0 aliphatic rings.